The van der Waals surface area contributed by atoms with Gasteiger partial charge in [-0.05, 0) is 31.2 Å². The number of pyridine rings is 1. The summed E-state index contributed by atoms with van der Waals surface area (Å²) in [4.78, 5) is 12.2. The van der Waals surface area contributed by atoms with Gasteiger partial charge in [0.1, 0.15) is 18.0 Å². The topological polar surface area (TPSA) is 50.4 Å². The van der Waals surface area contributed by atoms with Crippen molar-refractivity contribution in [3.05, 3.63) is 59.6 Å². The lowest BCUT2D eigenvalue weighted by molar-refractivity contribution is -0.693. The maximum absolute atomic E-state index is 12.2. The number of hydrogen-bond acceptors (Lipinski definition) is 3. The molecule has 2 aromatic rings. The first kappa shape index (κ1) is 12.4. The van der Waals surface area contributed by atoms with Gasteiger partial charge in [0.25, 0.3) is 0 Å². The van der Waals surface area contributed by atoms with Crippen molar-refractivity contribution < 1.29 is 19.2 Å². The van der Waals surface area contributed by atoms with Gasteiger partial charge in [-0.3, -0.25) is 4.79 Å². The zero-order valence-corrected chi connectivity index (χ0v) is 11.0. The molecule has 0 unspecified atom stereocenters. The number of phenols is 1. The number of Topliss-reactive ketones (excluding diaryl/α,β-unsaturated/α-hetero) is 1. The molecule has 100 valence electrons. The van der Waals surface area contributed by atoms with Gasteiger partial charge in [0, 0.05) is 17.7 Å². The average molecular weight is 268 g/mol. The minimum absolute atomic E-state index is 0.0846. The smallest absolute Gasteiger partial charge is 0.231 e. The monoisotopic (exact) mass is 268 g/mol. The predicted molar refractivity (Wildman–Crippen MR) is 73.4 cm³/mol. The van der Waals surface area contributed by atoms with Crippen LogP contribution in [-0.2, 0) is 6.54 Å². The zero-order chi connectivity index (χ0) is 14.1. The van der Waals surface area contributed by atoms with Crippen LogP contribution in [0.25, 0.3) is 6.08 Å². The third-order valence-corrected chi connectivity index (χ3v) is 3.20. The number of rotatable bonds is 2. The molecular formula is C16H14NO3+. The molecule has 0 aliphatic carbocycles. The second-order valence-electron chi connectivity index (χ2n) is 4.59. The van der Waals surface area contributed by atoms with Crippen LogP contribution < -0.4 is 9.30 Å². The van der Waals surface area contributed by atoms with Crippen molar-refractivity contribution in [2.24, 2.45) is 0 Å². The molecule has 1 aromatic carbocycles. The molecule has 0 radical (unpaired) electrons. The van der Waals surface area contributed by atoms with Gasteiger partial charge >= 0.3 is 0 Å². The highest BCUT2D eigenvalue weighted by Crippen LogP contribution is 2.34. The highest BCUT2D eigenvalue weighted by Gasteiger charge is 2.27. The lowest BCUT2D eigenvalue weighted by Crippen LogP contribution is -2.31. The number of hydrogen-bond donors (Lipinski definition) is 1. The number of ether oxygens (including phenoxy) is 1. The van der Waals surface area contributed by atoms with Crippen LogP contribution in [0.5, 0.6) is 11.5 Å². The molecule has 20 heavy (non-hydrogen) atoms. The normalized spacial score (nSPS) is 15.2. The molecule has 4 nitrogen and oxygen atoms in total. The van der Waals surface area contributed by atoms with Gasteiger partial charge in [0.2, 0.25) is 5.78 Å². The molecule has 1 aliphatic heterocycles. The number of fused-ring (bicyclic) bond motifs is 1. The second kappa shape index (κ2) is 4.81. The maximum atomic E-state index is 12.2. The van der Waals surface area contributed by atoms with Crippen molar-refractivity contribution in [3.63, 3.8) is 0 Å². The Morgan fingerprint density at radius 2 is 2.20 bits per heavy atom. The van der Waals surface area contributed by atoms with Gasteiger partial charge in [0.05, 0.1) is 5.56 Å². The van der Waals surface area contributed by atoms with Gasteiger partial charge in [-0.25, -0.2) is 4.57 Å². The number of aryl methyl sites for hydroxylation is 1. The fraction of sp³-hybridized carbons (Fsp3) is 0.125. The molecule has 0 atom stereocenters. The van der Waals surface area contributed by atoms with Gasteiger partial charge in [-0.1, -0.05) is 0 Å². The first-order chi connectivity index (χ1) is 9.67. The molecule has 0 saturated carbocycles. The van der Waals surface area contributed by atoms with E-state index in [-0.39, 0.29) is 17.3 Å². The molecule has 3 rings (SSSR count). The van der Waals surface area contributed by atoms with Crippen molar-refractivity contribution in [1.29, 1.82) is 0 Å². The van der Waals surface area contributed by atoms with Crippen molar-refractivity contribution >= 4 is 11.9 Å². The van der Waals surface area contributed by atoms with Crippen LogP contribution in [0.1, 0.15) is 22.8 Å². The summed E-state index contributed by atoms with van der Waals surface area (Å²) in [6, 6.07) is 8.34. The van der Waals surface area contributed by atoms with Gasteiger partial charge < -0.3 is 9.84 Å². The van der Waals surface area contributed by atoms with E-state index >= 15 is 0 Å². The van der Waals surface area contributed by atoms with Crippen LogP contribution in [-0.4, -0.2) is 10.9 Å². The lowest BCUT2D eigenvalue weighted by Gasteiger charge is -1.98. The number of benzene rings is 1. The number of allylic oxidation sites excluding steroid dienone is 1. The summed E-state index contributed by atoms with van der Waals surface area (Å²) < 4.78 is 7.54. The Labute approximate surface area is 116 Å². The average Bonchev–Trinajstić information content (AvgIpc) is 2.75. The summed E-state index contributed by atoms with van der Waals surface area (Å²) in [6.45, 7) is 2.91. The quantitative estimate of drug-likeness (QED) is 0.671. The number of aromatic nitrogens is 1. The van der Waals surface area contributed by atoms with Crippen molar-refractivity contribution in [1.82, 2.24) is 0 Å². The highest BCUT2D eigenvalue weighted by atomic mass is 16.5. The van der Waals surface area contributed by atoms with Crippen LogP contribution in [0, 0.1) is 0 Å². The summed E-state index contributed by atoms with van der Waals surface area (Å²) >= 11 is 0. The minimum Gasteiger partial charge on any atom is -0.508 e. The van der Waals surface area contributed by atoms with Crippen molar-refractivity contribution in [2.45, 2.75) is 13.5 Å². The van der Waals surface area contributed by atoms with Crippen LogP contribution in [0.4, 0.5) is 0 Å². The largest absolute Gasteiger partial charge is 0.508 e. The SMILES string of the molecule is CC[n+]1cccc(/C=C2/Oc3cc(O)ccc3C2=O)c1. The summed E-state index contributed by atoms with van der Waals surface area (Å²) in [7, 11) is 0. The minimum atomic E-state index is -0.160. The van der Waals surface area contributed by atoms with Crippen molar-refractivity contribution in [2.75, 3.05) is 0 Å². The summed E-state index contributed by atoms with van der Waals surface area (Å²) in [5.41, 5.74) is 1.38. The molecule has 1 aliphatic rings. The summed E-state index contributed by atoms with van der Waals surface area (Å²) in [5.74, 6) is 0.605. The number of nitrogens with zero attached hydrogens (tertiary/aromatic N) is 1. The molecule has 1 N–H and O–H groups in total. The van der Waals surface area contributed by atoms with E-state index in [4.69, 9.17) is 4.74 Å². The lowest BCUT2D eigenvalue weighted by atomic mass is 10.1. The van der Waals surface area contributed by atoms with E-state index in [9.17, 15) is 9.90 Å². The Morgan fingerprint density at radius 3 is 3.00 bits per heavy atom. The van der Waals surface area contributed by atoms with E-state index < -0.39 is 0 Å². The Hall–Kier alpha value is -2.62. The number of carbonyl (C=O) groups excluding carboxylic acids is 1. The molecule has 0 spiro atoms. The van der Waals surface area contributed by atoms with Gasteiger partial charge in [-0.2, -0.15) is 0 Å². The van der Waals surface area contributed by atoms with Gasteiger partial charge in [-0.15, -0.1) is 0 Å². The Kier molecular flexibility index (Phi) is 2.99. The van der Waals surface area contributed by atoms with E-state index in [0.29, 0.717) is 11.3 Å². The fourth-order valence-corrected chi connectivity index (χ4v) is 2.15. The molecule has 1 aromatic heterocycles. The van der Waals surface area contributed by atoms with E-state index in [2.05, 4.69) is 0 Å². The molecule has 0 bridgehead atoms. The fourth-order valence-electron chi connectivity index (χ4n) is 2.15. The molecule has 4 heteroatoms. The highest BCUT2D eigenvalue weighted by molar-refractivity contribution is 6.14. The molecule has 0 saturated heterocycles. The van der Waals surface area contributed by atoms with E-state index in [1.165, 1.54) is 12.1 Å². The summed E-state index contributed by atoms with van der Waals surface area (Å²) in [5, 5.41) is 9.41. The maximum Gasteiger partial charge on any atom is 0.231 e. The van der Waals surface area contributed by atoms with Crippen molar-refractivity contribution in [3.8, 4) is 11.5 Å². The first-order valence-electron chi connectivity index (χ1n) is 6.44. The third-order valence-electron chi connectivity index (χ3n) is 3.20. The Morgan fingerprint density at radius 1 is 1.35 bits per heavy atom. The Bertz CT molecular complexity index is 719. The van der Waals surface area contributed by atoms with Crippen LogP contribution in [0.15, 0.2) is 48.5 Å². The molecule has 0 amide bonds. The van der Waals surface area contributed by atoms with Gasteiger partial charge in [0.15, 0.2) is 18.2 Å². The third kappa shape index (κ3) is 2.16. The van der Waals surface area contributed by atoms with Crippen LogP contribution in [0.2, 0.25) is 0 Å². The summed E-state index contributed by atoms with van der Waals surface area (Å²) in [6.07, 6.45) is 5.63. The molecule has 0 fully saturated rings. The number of aromatic hydroxyl groups is 1. The second-order valence-corrected chi connectivity index (χ2v) is 4.59. The Balaban J connectivity index is 1.96. The van der Waals surface area contributed by atoms with E-state index in [1.54, 1.807) is 12.1 Å². The number of phenolic OH excluding ortho intramolecular Hbond substituents is 1. The van der Waals surface area contributed by atoms with Crippen LogP contribution >= 0.6 is 0 Å². The van der Waals surface area contributed by atoms with Crippen LogP contribution in [0.3, 0.4) is 0 Å². The molecule has 2 heterocycles. The standard InChI is InChI=1S/C16H13NO3/c1-2-17-7-3-4-11(10-17)8-15-16(19)13-6-5-12(18)9-14(13)20-15/h3-10H,2H2,1H3/p+1/b15-8+. The molecular weight excluding hydrogens is 254 g/mol. The number of carbonyl (C=O) groups is 1. The zero-order valence-electron chi connectivity index (χ0n) is 11.0. The first-order valence-corrected chi connectivity index (χ1v) is 6.44. The van der Waals surface area contributed by atoms with E-state index in [1.807, 2.05) is 36.0 Å². The predicted octanol–water partition coefficient (Wildman–Crippen LogP) is 2.32. The van der Waals surface area contributed by atoms with E-state index in [0.717, 1.165) is 12.1 Å². The number of ketones is 1.